The van der Waals surface area contributed by atoms with Crippen LogP contribution in [0, 0.1) is 0 Å². The number of aromatic nitrogens is 1. The summed E-state index contributed by atoms with van der Waals surface area (Å²) in [6, 6.07) is 0. The second kappa shape index (κ2) is 2.51. The van der Waals surface area contributed by atoms with Crippen molar-refractivity contribution in [3.63, 3.8) is 0 Å². The summed E-state index contributed by atoms with van der Waals surface area (Å²) in [5.74, 6) is 0.568. The second-order valence-corrected chi connectivity index (χ2v) is 2.89. The third kappa shape index (κ3) is 1.30. The van der Waals surface area contributed by atoms with Crippen LogP contribution < -0.4 is 0 Å². The fourth-order valence-electron chi connectivity index (χ4n) is 0.304. The van der Waals surface area contributed by atoms with E-state index in [9.17, 15) is 0 Å². The van der Waals surface area contributed by atoms with Gasteiger partial charge < -0.3 is 0 Å². The first-order valence-electron chi connectivity index (χ1n) is 1.86. The Kier molecular flexibility index (Phi) is 1.92. The second-order valence-electron chi connectivity index (χ2n) is 1.11. The number of hydrogen-bond acceptors (Lipinski definition) is 1. The molecule has 0 saturated carbocycles. The molecule has 0 aliphatic heterocycles. The van der Waals surface area contributed by atoms with E-state index in [4.69, 9.17) is 11.6 Å². The van der Waals surface area contributed by atoms with Crippen molar-refractivity contribution < 1.29 is 0 Å². The molecular weight excluding hydrogens is 176 g/mol. The van der Waals surface area contributed by atoms with Gasteiger partial charge in [0.25, 0.3) is 0 Å². The molecule has 1 aromatic heterocycles. The Morgan fingerprint density at radius 2 is 2.71 bits per heavy atom. The van der Waals surface area contributed by atoms with Crippen molar-refractivity contribution in [3.05, 3.63) is 15.7 Å². The molecule has 1 heterocycles. The van der Waals surface area contributed by atoms with Crippen LogP contribution in [0.3, 0.4) is 0 Å². The third-order valence-corrected chi connectivity index (χ3v) is 2.23. The van der Waals surface area contributed by atoms with Gasteiger partial charge in [0, 0.05) is 0 Å². The zero-order valence-corrected chi connectivity index (χ0v) is 6.06. The van der Waals surface area contributed by atoms with E-state index in [1.165, 1.54) is 0 Å². The topological polar surface area (TPSA) is 12.9 Å². The maximum atomic E-state index is 5.44. The van der Waals surface area contributed by atoms with Crippen LogP contribution in [0.2, 0.25) is 0 Å². The van der Waals surface area contributed by atoms with Gasteiger partial charge in [-0.25, -0.2) is 0 Å². The summed E-state index contributed by atoms with van der Waals surface area (Å²) < 4.78 is 0. The normalized spacial score (nSPS) is 9.29. The van der Waals surface area contributed by atoms with Gasteiger partial charge in [-0.2, -0.15) is 0 Å². The first-order valence-corrected chi connectivity index (χ1v) is 4.38. The van der Waals surface area contributed by atoms with Crippen LogP contribution in [0.4, 0.5) is 0 Å². The predicted octanol–water partition coefficient (Wildman–Crippen LogP) is 0.877. The van der Waals surface area contributed by atoms with Crippen LogP contribution in [0.25, 0.3) is 0 Å². The molecule has 0 aliphatic carbocycles. The van der Waals surface area contributed by atoms with E-state index < -0.39 is 0 Å². The molecule has 38 valence electrons. The van der Waals surface area contributed by atoms with Gasteiger partial charge in [-0.1, -0.05) is 0 Å². The summed E-state index contributed by atoms with van der Waals surface area (Å²) in [5.41, 5.74) is 1.03. The van der Waals surface area contributed by atoms with E-state index in [0.29, 0.717) is 20.4 Å². The van der Waals surface area contributed by atoms with Gasteiger partial charge in [0.05, 0.1) is 0 Å². The molecule has 7 heavy (non-hydrogen) atoms. The van der Waals surface area contributed by atoms with E-state index in [1.807, 2.05) is 5.07 Å². The molecule has 0 amide bonds. The van der Waals surface area contributed by atoms with Crippen molar-refractivity contribution in [1.82, 2.24) is 4.98 Å². The Morgan fingerprint density at radius 1 is 1.86 bits per heavy atom. The Bertz CT molecular complexity index is 126. The SMILES string of the molecule is ClCc1c[se]cn1. The molecule has 0 radical (unpaired) electrons. The number of rotatable bonds is 1. The van der Waals surface area contributed by atoms with Crippen LogP contribution in [0.15, 0.2) is 10.0 Å². The van der Waals surface area contributed by atoms with Crippen molar-refractivity contribution >= 4 is 26.1 Å². The molecule has 0 saturated heterocycles. The first kappa shape index (κ1) is 5.36. The van der Waals surface area contributed by atoms with Gasteiger partial charge >= 0.3 is 52.7 Å². The average molecular weight is 180 g/mol. The zero-order chi connectivity index (χ0) is 5.11. The number of alkyl halides is 1. The van der Waals surface area contributed by atoms with E-state index in [2.05, 4.69) is 9.92 Å². The summed E-state index contributed by atoms with van der Waals surface area (Å²) in [7, 11) is 0. The molecule has 0 aliphatic rings. The Labute approximate surface area is 53.1 Å². The van der Waals surface area contributed by atoms with Gasteiger partial charge in [0.1, 0.15) is 0 Å². The van der Waals surface area contributed by atoms with Gasteiger partial charge in [-0.3, -0.25) is 0 Å². The van der Waals surface area contributed by atoms with Gasteiger partial charge in [0.2, 0.25) is 0 Å². The molecule has 3 heteroatoms. The molecule has 0 fully saturated rings. The van der Waals surface area contributed by atoms with E-state index in [-0.39, 0.29) is 0 Å². The minimum absolute atomic E-state index is 0.504. The Hall–Kier alpha value is 0.219. The molecule has 1 aromatic rings. The van der Waals surface area contributed by atoms with Crippen LogP contribution in [-0.4, -0.2) is 19.5 Å². The molecule has 1 nitrogen and oxygen atoms in total. The third-order valence-electron chi connectivity index (χ3n) is 0.620. The first-order chi connectivity index (χ1) is 3.43. The molecule has 0 N–H and O–H groups in total. The van der Waals surface area contributed by atoms with E-state index in [0.717, 1.165) is 5.69 Å². The zero-order valence-electron chi connectivity index (χ0n) is 3.60. The average Bonchev–Trinajstić information content (AvgIpc) is 2.14. The summed E-state index contributed by atoms with van der Waals surface area (Å²) in [6.45, 7) is 0. The van der Waals surface area contributed by atoms with Crippen LogP contribution >= 0.6 is 11.6 Å². The maximum absolute atomic E-state index is 5.44. The van der Waals surface area contributed by atoms with Crippen LogP contribution in [0.5, 0.6) is 0 Å². The van der Waals surface area contributed by atoms with Crippen molar-refractivity contribution in [2.75, 3.05) is 0 Å². The van der Waals surface area contributed by atoms with E-state index >= 15 is 0 Å². The van der Waals surface area contributed by atoms with Crippen molar-refractivity contribution in [1.29, 1.82) is 0 Å². The Balaban J connectivity index is 2.76. The summed E-state index contributed by atoms with van der Waals surface area (Å²) in [6.07, 6.45) is 0. The van der Waals surface area contributed by atoms with Crippen molar-refractivity contribution in [2.45, 2.75) is 5.88 Å². The molecule has 0 spiro atoms. The molecule has 0 aromatic carbocycles. The fourth-order valence-corrected chi connectivity index (χ4v) is 1.83. The molecule has 0 unspecified atom stereocenters. The quantitative estimate of drug-likeness (QED) is 0.462. The van der Waals surface area contributed by atoms with Gasteiger partial charge in [0.15, 0.2) is 0 Å². The molecule has 0 bridgehead atoms. The minimum atomic E-state index is 0.504. The summed E-state index contributed by atoms with van der Waals surface area (Å²) in [4.78, 5) is 6.07. The molecular formula is C4H4ClNSe. The van der Waals surface area contributed by atoms with Crippen molar-refractivity contribution in [3.8, 4) is 0 Å². The number of nitrogens with zero attached hydrogens (tertiary/aromatic N) is 1. The number of halogens is 1. The van der Waals surface area contributed by atoms with Crippen LogP contribution in [0.1, 0.15) is 5.69 Å². The van der Waals surface area contributed by atoms with Crippen molar-refractivity contribution in [2.24, 2.45) is 0 Å². The standard InChI is InChI=1S/C4H4ClNSe/c5-1-4-2-7-3-6-4/h2-3H,1H2. The van der Waals surface area contributed by atoms with Gasteiger partial charge in [-0.05, 0) is 0 Å². The summed E-state index contributed by atoms with van der Waals surface area (Å²) >= 11 is 5.94. The van der Waals surface area contributed by atoms with Crippen LogP contribution in [-0.2, 0) is 5.88 Å². The fraction of sp³-hybridized carbons (Fsp3) is 0.250. The van der Waals surface area contributed by atoms with Gasteiger partial charge in [-0.15, -0.1) is 0 Å². The number of hydrogen-bond donors (Lipinski definition) is 0. The Morgan fingerprint density at radius 3 is 3.00 bits per heavy atom. The molecule has 0 atom stereocenters. The predicted molar refractivity (Wildman–Crippen MR) is 30.7 cm³/mol. The monoisotopic (exact) mass is 181 g/mol. The molecule has 1 rings (SSSR count). The van der Waals surface area contributed by atoms with E-state index in [1.54, 1.807) is 0 Å². The summed E-state index contributed by atoms with van der Waals surface area (Å²) in [5, 5.41) is 1.92.